The van der Waals surface area contributed by atoms with Gasteiger partial charge >= 0.3 is 0 Å². The van der Waals surface area contributed by atoms with Crippen molar-refractivity contribution >= 4 is 11.8 Å². The largest absolute Gasteiger partial charge is 0.351 e. The molecule has 6 heteroatoms. The van der Waals surface area contributed by atoms with Gasteiger partial charge in [0.05, 0.1) is 0 Å². The van der Waals surface area contributed by atoms with Crippen molar-refractivity contribution in [2.45, 2.75) is 46.1 Å². The van der Waals surface area contributed by atoms with E-state index in [1.807, 2.05) is 0 Å². The Kier molecular flexibility index (Phi) is 6.25. The van der Waals surface area contributed by atoms with Gasteiger partial charge in [0, 0.05) is 23.7 Å². The lowest BCUT2D eigenvalue weighted by atomic mass is 9.62. The van der Waals surface area contributed by atoms with E-state index in [-0.39, 0.29) is 40.3 Å². The van der Waals surface area contributed by atoms with Gasteiger partial charge in [0.1, 0.15) is 11.6 Å². The van der Waals surface area contributed by atoms with Crippen LogP contribution in [-0.2, 0) is 0 Å². The van der Waals surface area contributed by atoms with E-state index in [0.29, 0.717) is 24.1 Å². The normalized spacial score (nSPS) is 22.9. The van der Waals surface area contributed by atoms with Crippen LogP contribution in [0.2, 0.25) is 0 Å². The second-order valence-electron chi connectivity index (χ2n) is 9.43. The molecule has 1 aliphatic carbocycles. The van der Waals surface area contributed by atoms with Crippen LogP contribution >= 0.6 is 0 Å². The van der Waals surface area contributed by atoms with Crippen molar-refractivity contribution in [1.82, 2.24) is 10.6 Å². The van der Waals surface area contributed by atoms with Crippen LogP contribution in [0.3, 0.4) is 0 Å². The minimum absolute atomic E-state index is 0.0195. The van der Waals surface area contributed by atoms with E-state index in [1.165, 1.54) is 48.5 Å². The fraction of sp³-hybridized carbons (Fsp3) is 0.417. The number of halogens is 2. The number of carbonyl (C=O) groups is 2. The second-order valence-corrected chi connectivity index (χ2v) is 9.43. The highest BCUT2D eigenvalue weighted by atomic mass is 19.1. The molecule has 30 heavy (non-hydrogen) atoms. The standard InChI is InChI=1S/C24H28F2N2O2/c1-23(2)12-20(28-22(30)17-6-10-19(26)11-7-17)13-24(3,14-23)15-27-21(29)16-4-8-18(25)9-5-16/h4-11,20H,12-15H2,1-3H3,(H,27,29)(H,28,30). The summed E-state index contributed by atoms with van der Waals surface area (Å²) in [6, 6.07) is 10.9. The molecule has 1 fully saturated rings. The first-order valence-corrected chi connectivity index (χ1v) is 10.2. The summed E-state index contributed by atoms with van der Waals surface area (Å²) in [5, 5.41) is 6.04. The molecule has 2 aromatic rings. The highest BCUT2D eigenvalue weighted by Crippen LogP contribution is 2.45. The van der Waals surface area contributed by atoms with E-state index < -0.39 is 0 Å². The zero-order valence-electron chi connectivity index (χ0n) is 17.6. The SMILES string of the molecule is CC1(C)CC(NC(=O)c2ccc(F)cc2)CC(C)(CNC(=O)c2ccc(F)cc2)C1. The fourth-order valence-corrected chi connectivity index (χ4v) is 4.74. The molecule has 4 nitrogen and oxygen atoms in total. The summed E-state index contributed by atoms with van der Waals surface area (Å²) in [5.41, 5.74) is 0.606. The summed E-state index contributed by atoms with van der Waals surface area (Å²) in [4.78, 5) is 25.0. The van der Waals surface area contributed by atoms with Crippen LogP contribution in [0.4, 0.5) is 8.78 Å². The van der Waals surface area contributed by atoms with Crippen molar-refractivity contribution in [3.05, 3.63) is 71.3 Å². The number of benzene rings is 2. The highest BCUT2D eigenvalue weighted by molar-refractivity contribution is 5.94. The van der Waals surface area contributed by atoms with Crippen LogP contribution in [0.1, 0.15) is 60.7 Å². The molecule has 0 aliphatic heterocycles. The zero-order chi connectivity index (χ0) is 21.9. The maximum absolute atomic E-state index is 13.1. The van der Waals surface area contributed by atoms with Crippen LogP contribution in [0.5, 0.6) is 0 Å². The van der Waals surface area contributed by atoms with Crippen LogP contribution in [0, 0.1) is 22.5 Å². The lowest BCUT2D eigenvalue weighted by Crippen LogP contribution is -2.50. The molecule has 0 heterocycles. The molecule has 160 valence electrons. The van der Waals surface area contributed by atoms with E-state index in [0.717, 1.165) is 12.8 Å². The zero-order valence-corrected chi connectivity index (χ0v) is 17.6. The van der Waals surface area contributed by atoms with Crippen LogP contribution in [0.15, 0.2) is 48.5 Å². The van der Waals surface area contributed by atoms with Crippen molar-refractivity contribution in [3.63, 3.8) is 0 Å². The van der Waals surface area contributed by atoms with Gasteiger partial charge in [-0.15, -0.1) is 0 Å². The molecular formula is C24H28F2N2O2. The summed E-state index contributed by atoms with van der Waals surface area (Å²) in [6.07, 6.45) is 2.43. The van der Waals surface area contributed by atoms with Gasteiger partial charge in [-0.1, -0.05) is 20.8 Å². The third kappa shape index (κ3) is 5.65. The van der Waals surface area contributed by atoms with E-state index in [4.69, 9.17) is 0 Å². The van der Waals surface area contributed by atoms with Gasteiger partial charge < -0.3 is 10.6 Å². The number of nitrogens with one attached hydrogen (secondary N) is 2. The van der Waals surface area contributed by atoms with Crippen molar-refractivity contribution in [2.24, 2.45) is 10.8 Å². The molecule has 0 radical (unpaired) electrons. The summed E-state index contributed by atoms with van der Waals surface area (Å²) in [6.45, 7) is 6.87. The fourth-order valence-electron chi connectivity index (χ4n) is 4.74. The first-order valence-electron chi connectivity index (χ1n) is 10.2. The summed E-state index contributed by atoms with van der Waals surface area (Å²) in [7, 11) is 0. The van der Waals surface area contributed by atoms with E-state index >= 15 is 0 Å². The molecule has 3 rings (SSSR count). The molecule has 0 bridgehead atoms. The van der Waals surface area contributed by atoms with Crippen molar-refractivity contribution < 1.29 is 18.4 Å². The molecule has 2 amide bonds. The predicted octanol–water partition coefficient (Wildman–Crippen LogP) is 4.71. The molecule has 1 saturated carbocycles. The molecule has 0 aromatic heterocycles. The van der Waals surface area contributed by atoms with Crippen molar-refractivity contribution in [3.8, 4) is 0 Å². The number of hydrogen-bond acceptors (Lipinski definition) is 2. The minimum Gasteiger partial charge on any atom is -0.351 e. The lowest BCUT2D eigenvalue weighted by molar-refractivity contribution is 0.0592. The topological polar surface area (TPSA) is 58.2 Å². The van der Waals surface area contributed by atoms with Gasteiger partial charge in [0.2, 0.25) is 0 Å². The van der Waals surface area contributed by atoms with Gasteiger partial charge in [-0.3, -0.25) is 9.59 Å². The van der Waals surface area contributed by atoms with E-state index in [1.54, 1.807) is 0 Å². The van der Waals surface area contributed by atoms with Crippen molar-refractivity contribution in [1.29, 1.82) is 0 Å². The average molecular weight is 414 g/mol. The lowest BCUT2D eigenvalue weighted by Gasteiger charge is -2.47. The van der Waals surface area contributed by atoms with Crippen molar-refractivity contribution in [2.75, 3.05) is 6.54 Å². The Labute approximate surface area is 176 Å². The smallest absolute Gasteiger partial charge is 0.251 e. The monoisotopic (exact) mass is 414 g/mol. The number of rotatable bonds is 5. The highest BCUT2D eigenvalue weighted by Gasteiger charge is 2.42. The Morgan fingerprint density at radius 3 is 1.90 bits per heavy atom. The first kappa shape index (κ1) is 21.9. The van der Waals surface area contributed by atoms with Gasteiger partial charge in [0.25, 0.3) is 11.8 Å². The molecular weight excluding hydrogens is 386 g/mol. The molecule has 2 aromatic carbocycles. The Bertz CT molecular complexity index is 910. The molecule has 0 spiro atoms. The number of amides is 2. The summed E-state index contributed by atoms with van der Waals surface area (Å²) < 4.78 is 26.2. The maximum atomic E-state index is 13.1. The van der Waals surface area contributed by atoms with Gasteiger partial charge in [-0.05, 0) is 78.6 Å². The first-order chi connectivity index (χ1) is 14.1. The Morgan fingerprint density at radius 2 is 1.37 bits per heavy atom. The Morgan fingerprint density at radius 1 is 0.867 bits per heavy atom. The van der Waals surface area contributed by atoms with Gasteiger partial charge in [0.15, 0.2) is 0 Å². The van der Waals surface area contributed by atoms with E-state index in [2.05, 4.69) is 31.4 Å². The van der Waals surface area contributed by atoms with Crippen LogP contribution in [-0.4, -0.2) is 24.4 Å². The van der Waals surface area contributed by atoms with Gasteiger partial charge in [-0.25, -0.2) is 8.78 Å². The predicted molar refractivity (Wildman–Crippen MR) is 112 cm³/mol. The van der Waals surface area contributed by atoms with Gasteiger partial charge in [-0.2, -0.15) is 0 Å². The second kappa shape index (κ2) is 8.54. The quantitative estimate of drug-likeness (QED) is 0.745. The number of hydrogen-bond donors (Lipinski definition) is 2. The summed E-state index contributed by atoms with van der Waals surface area (Å²) in [5.74, 6) is -1.23. The molecule has 1 aliphatic rings. The third-order valence-electron chi connectivity index (χ3n) is 5.67. The molecule has 2 N–H and O–H groups in total. The third-order valence-corrected chi connectivity index (χ3v) is 5.67. The summed E-state index contributed by atoms with van der Waals surface area (Å²) >= 11 is 0. The van der Waals surface area contributed by atoms with Crippen LogP contribution < -0.4 is 10.6 Å². The molecule has 2 atom stereocenters. The Hall–Kier alpha value is -2.76. The minimum atomic E-state index is -0.382. The Balaban J connectivity index is 1.65. The van der Waals surface area contributed by atoms with Crippen LogP contribution in [0.25, 0.3) is 0 Å². The maximum Gasteiger partial charge on any atom is 0.251 e. The number of carbonyl (C=O) groups excluding carboxylic acids is 2. The molecule has 2 unspecified atom stereocenters. The average Bonchev–Trinajstić information content (AvgIpc) is 2.65. The van der Waals surface area contributed by atoms with E-state index in [9.17, 15) is 18.4 Å². The molecule has 0 saturated heterocycles.